The molecule has 0 saturated carbocycles. The Bertz CT molecular complexity index is 598. The molecule has 0 heterocycles. The van der Waals surface area contributed by atoms with Gasteiger partial charge in [0.15, 0.2) is 0 Å². The molecule has 0 unspecified atom stereocenters. The molecule has 8 heteroatoms. The van der Waals surface area contributed by atoms with Gasteiger partial charge in [-0.3, -0.25) is 4.79 Å². The summed E-state index contributed by atoms with van der Waals surface area (Å²) >= 11 is 4.83. The third-order valence-electron chi connectivity index (χ3n) is 2.64. The van der Waals surface area contributed by atoms with Crippen molar-refractivity contribution in [3.05, 3.63) is 35.4 Å². The minimum absolute atomic E-state index is 0.0825. The van der Waals surface area contributed by atoms with E-state index in [1.54, 1.807) is 31.2 Å². The van der Waals surface area contributed by atoms with Gasteiger partial charge < -0.3 is 11.1 Å². The van der Waals surface area contributed by atoms with Crippen molar-refractivity contribution >= 4 is 33.1 Å². The summed E-state index contributed by atoms with van der Waals surface area (Å²) in [5, 5.41) is 2.60. The SMILES string of the molecule is CCNC(=O)CCNS(=O)(=O)Cc1ccc(C(N)=S)cc1. The Balaban J connectivity index is 2.52. The van der Waals surface area contributed by atoms with Crippen molar-refractivity contribution in [2.24, 2.45) is 5.73 Å². The average molecular weight is 329 g/mol. The molecule has 0 spiro atoms. The maximum atomic E-state index is 11.9. The average Bonchev–Trinajstić information content (AvgIpc) is 2.38. The molecule has 4 N–H and O–H groups in total. The van der Waals surface area contributed by atoms with Crippen molar-refractivity contribution in [2.75, 3.05) is 13.1 Å². The van der Waals surface area contributed by atoms with Gasteiger partial charge in [-0.1, -0.05) is 36.5 Å². The number of benzene rings is 1. The van der Waals surface area contributed by atoms with E-state index in [2.05, 4.69) is 10.0 Å². The topological polar surface area (TPSA) is 101 Å². The normalized spacial score (nSPS) is 11.1. The van der Waals surface area contributed by atoms with Gasteiger partial charge in [0, 0.05) is 25.1 Å². The molecule has 0 radical (unpaired) electrons. The predicted molar refractivity (Wildman–Crippen MR) is 86.3 cm³/mol. The summed E-state index contributed by atoms with van der Waals surface area (Å²) in [5.41, 5.74) is 6.79. The van der Waals surface area contributed by atoms with Crippen molar-refractivity contribution in [3.63, 3.8) is 0 Å². The molecule has 0 bridgehead atoms. The van der Waals surface area contributed by atoms with E-state index in [-0.39, 0.29) is 29.6 Å². The van der Waals surface area contributed by atoms with Crippen molar-refractivity contribution < 1.29 is 13.2 Å². The van der Waals surface area contributed by atoms with Crippen LogP contribution in [-0.4, -0.2) is 32.4 Å². The van der Waals surface area contributed by atoms with Crippen molar-refractivity contribution in [2.45, 2.75) is 19.1 Å². The summed E-state index contributed by atoms with van der Waals surface area (Å²) in [6, 6.07) is 6.69. The van der Waals surface area contributed by atoms with Crippen molar-refractivity contribution in [1.82, 2.24) is 10.0 Å². The maximum Gasteiger partial charge on any atom is 0.221 e. The van der Waals surface area contributed by atoms with E-state index < -0.39 is 10.0 Å². The molecule has 0 atom stereocenters. The molecule has 0 saturated heterocycles. The Kier molecular flexibility index (Phi) is 6.73. The Morgan fingerprint density at radius 2 is 1.90 bits per heavy atom. The fourth-order valence-electron chi connectivity index (χ4n) is 1.64. The van der Waals surface area contributed by atoms with Gasteiger partial charge in [-0.25, -0.2) is 13.1 Å². The first-order chi connectivity index (χ1) is 9.84. The molecule has 0 aliphatic rings. The lowest BCUT2D eigenvalue weighted by Crippen LogP contribution is -2.31. The second-order valence-corrected chi connectivity index (χ2v) is 6.66. The lowest BCUT2D eigenvalue weighted by Gasteiger charge is -2.07. The molecule has 1 rings (SSSR count). The predicted octanol–water partition coefficient (Wildman–Crippen LogP) is 0.266. The number of amides is 1. The van der Waals surface area contributed by atoms with E-state index in [9.17, 15) is 13.2 Å². The first-order valence-electron chi connectivity index (χ1n) is 6.47. The van der Waals surface area contributed by atoms with Crippen LogP contribution in [0.25, 0.3) is 0 Å². The number of nitrogens with one attached hydrogen (secondary N) is 2. The largest absolute Gasteiger partial charge is 0.389 e. The van der Waals surface area contributed by atoms with E-state index in [1.165, 1.54) is 0 Å². The molecule has 116 valence electrons. The fourth-order valence-corrected chi connectivity index (χ4v) is 2.92. The van der Waals surface area contributed by atoms with Gasteiger partial charge in [0.1, 0.15) is 4.99 Å². The molecule has 6 nitrogen and oxygen atoms in total. The number of thiocarbonyl (C=S) groups is 1. The number of hydrogen-bond acceptors (Lipinski definition) is 4. The van der Waals surface area contributed by atoms with Gasteiger partial charge in [0.2, 0.25) is 15.9 Å². The molecule has 1 aromatic rings. The van der Waals surface area contributed by atoms with E-state index in [1.807, 2.05) is 0 Å². The smallest absolute Gasteiger partial charge is 0.221 e. The monoisotopic (exact) mass is 329 g/mol. The first kappa shape index (κ1) is 17.5. The maximum absolute atomic E-state index is 11.9. The Morgan fingerprint density at radius 1 is 1.29 bits per heavy atom. The van der Waals surface area contributed by atoms with Crippen LogP contribution >= 0.6 is 12.2 Å². The van der Waals surface area contributed by atoms with Gasteiger partial charge in [-0.15, -0.1) is 0 Å². The Morgan fingerprint density at radius 3 is 2.43 bits per heavy atom. The van der Waals surface area contributed by atoms with Crippen molar-refractivity contribution in [3.8, 4) is 0 Å². The molecule has 0 fully saturated rings. The Hall–Kier alpha value is -1.51. The van der Waals surface area contributed by atoms with Crippen molar-refractivity contribution in [1.29, 1.82) is 0 Å². The number of hydrogen-bond donors (Lipinski definition) is 3. The minimum atomic E-state index is -3.47. The van der Waals surface area contributed by atoms with Crippen LogP contribution in [0.4, 0.5) is 0 Å². The zero-order chi connectivity index (χ0) is 15.9. The third kappa shape index (κ3) is 6.65. The van der Waals surface area contributed by atoms with Crippen LogP contribution in [0.1, 0.15) is 24.5 Å². The second-order valence-electron chi connectivity index (χ2n) is 4.42. The molecule has 1 aromatic carbocycles. The van der Waals surface area contributed by atoms with Gasteiger partial charge >= 0.3 is 0 Å². The molecule has 1 amide bonds. The summed E-state index contributed by atoms with van der Waals surface area (Å²) in [6.07, 6.45) is 0.119. The molecule has 0 aromatic heterocycles. The van der Waals surface area contributed by atoms with Gasteiger partial charge in [-0.05, 0) is 12.5 Å². The number of carbonyl (C=O) groups is 1. The molecular formula is C13H19N3O3S2. The highest BCUT2D eigenvalue weighted by Crippen LogP contribution is 2.07. The number of carbonyl (C=O) groups excluding carboxylic acids is 1. The summed E-state index contributed by atoms with van der Waals surface area (Å²) in [7, 11) is -3.47. The quantitative estimate of drug-likeness (QED) is 0.594. The van der Waals surface area contributed by atoms with Crippen LogP contribution in [0.2, 0.25) is 0 Å². The molecular weight excluding hydrogens is 310 g/mol. The van der Waals surface area contributed by atoms with Crippen LogP contribution in [-0.2, 0) is 20.6 Å². The zero-order valence-electron chi connectivity index (χ0n) is 11.8. The standard InChI is InChI=1S/C13H19N3O3S2/c1-2-15-12(17)7-8-16-21(18,19)9-10-3-5-11(6-4-10)13(14)20/h3-6,16H,2,7-9H2,1H3,(H2,14,20)(H,15,17). The summed E-state index contributed by atoms with van der Waals surface area (Å²) in [5.74, 6) is -0.332. The number of sulfonamides is 1. The van der Waals surface area contributed by atoms with E-state index in [0.29, 0.717) is 17.7 Å². The highest BCUT2D eigenvalue weighted by Gasteiger charge is 2.12. The number of rotatable bonds is 8. The molecule has 21 heavy (non-hydrogen) atoms. The van der Waals surface area contributed by atoms with E-state index >= 15 is 0 Å². The lowest BCUT2D eigenvalue weighted by molar-refractivity contribution is -0.120. The molecule has 0 aliphatic carbocycles. The summed E-state index contributed by atoms with van der Waals surface area (Å²) in [4.78, 5) is 11.5. The second kappa shape index (κ2) is 8.06. The molecule has 0 aliphatic heterocycles. The highest BCUT2D eigenvalue weighted by atomic mass is 32.2. The Labute approximate surface area is 130 Å². The lowest BCUT2D eigenvalue weighted by atomic mass is 10.1. The van der Waals surface area contributed by atoms with Gasteiger partial charge in [0.05, 0.1) is 5.75 Å². The summed E-state index contributed by atoms with van der Waals surface area (Å²) in [6.45, 7) is 2.42. The third-order valence-corrected chi connectivity index (χ3v) is 4.24. The van der Waals surface area contributed by atoms with Gasteiger partial charge in [-0.2, -0.15) is 0 Å². The van der Waals surface area contributed by atoms with Crippen LogP contribution < -0.4 is 15.8 Å². The zero-order valence-corrected chi connectivity index (χ0v) is 13.4. The van der Waals surface area contributed by atoms with Crippen LogP contribution in [0.5, 0.6) is 0 Å². The van der Waals surface area contributed by atoms with E-state index in [0.717, 1.165) is 0 Å². The van der Waals surface area contributed by atoms with Crippen LogP contribution in [0.3, 0.4) is 0 Å². The first-order valence-corrected chi connectivity index (χ1v) is 8.53. The highest BCUT2D eigenvalue weighted by molar-refractivity contribution is 7.88. The minimum Gasteiger partial charge on any atom is -0.389 e. The fraction of sp³-hybridized carbons (Fsp3) is 0.385. The van der Waals surface area contributed by atoms with Gasteiger partial charge in [0.25, 0.3) is 0 Å². The van der Waals surface area contributed by atoms with E-state index in [4.69, 9.17) is 18.0 Å². The number of nitrogens with two attached hydrogens (primary N) is 1. The van der Waals surface area contributed by atoms with Crippen LogP contribution in [0, 0.1) is 0 Å². The summed E-state index contributed by atoms with van der Waals surface area (Å²) < 4.78 is 26.1. The van der Waals surface area contributed by atoms with Crippen LogP contribution in [0.15, 0.2) is 24.3 Å².